The summed E-state index contributed by atoms with van der Waals surface area (Å²) in [7, 11) is 0. The second kappa shape index (κ2) is 18.7. The van der Waals surface area contributed by atoms with E-state index in [4.69, 9.17) is 27.9 Å². The molecule has 0 aliphatic rings. The predicted octanol–water partition coefficient (Wildman–Crippen LogP) is 16.4. The average molecular weight is 977 g/mol. The SMILES string of the molecule is [2H]c1c([2H])c([2H])c(-c2cccc(-c3c([2H])c([2H])c([2H])c([2H])c3[2H])c2-[n+]2[c-]n(-c3cccc(Oc4ccc5c6ccccc6n(-c6cc(C(C)(C)C)ccn6)c5c4)c3)c3c(-c4c(-c5ccccc5)ncnc4-c4ccccc4)cccc32)c([2H])c1[2H]. The normalized spacial score (nSPS) is 13.5. The van der Waals surface area contributed by atoms with Crippen LogP contribution in [0.15, 0.2) is 249 Å². The van der Waals surface area contributed by atoms with E-state index in [1.165, 1.54) is 0 Å². The van der Waals surface area contributed by atoms with Gasteiger partial charge in [-0.25, -0.2) is 15.0 Å². The van der Waals surface area contributed by atoms with Gasteiger partial charge in [0.25, 0.3) is 6.33 Å². The lowest BCUT2D eigenvalue weighted by Gasteiger charge is -2.20. The van der Waals surface area contributed by atoms with E-state index in [1.54, 1.807) is 29.1 Å². The second-order valence-electron chi connectivity index (χ2n) is 19.1. The predicted molar refractivity (Wildman–Crippen MR) is 304 cm³/mol. The molecular formula is C68H50N6O. The minimum Gasteiger partial charge on any atom is -0.458 e. The summed E-state index contributed by atoms with van der Waals surface area (Å²) in [4.78, 5) is 14.8. The van der Waals surface area contributed by atoms with Crippen molar-refractivity contribution in [1.29, 1.82) is 0 Å². The summed E-state index contributed by atoms with van der Waals surface area (Å²) in [5.41, 5.74) is 8.60. The minimum absolute atomic E-state index is 0.107. The van der Waals surface area contributed by atoms with E-state index in [2.05, 4.69) is 55.9 Å². The van der Waals surface area contributed by atoms with E-state index in [9.17, 15) is 5.48 Å². The van der Waals surface area contributed by atoms with Crippen LogP contribution in [0.1, 0.15) is 40.0 Å². The zero-order valence-corrected chi connectivity index (χ0v) is 41.0. The average Bonchev–Trinajstić information content (AvgIpc) is 2.35. The molecule has 0 fully saturated rings. The summed E-state index contributed by atoms with van der Waals surface area (Å²) in [6, 6.07) is 50.4. The molecule has 0 N–H and O–H groups in total. The standard InChI is InChI=1S/C68H50N6O/c1-68(2,3)50-39-40-69-62(41-50)74-59-35-17-16-31-56(59)57-38-37-53(43-61(57)74)75-52-30-18-29-51(42-52)72-45-73(66-54(46-21-8-4-9-22-46)32-19-33-55(66)47-23-10-5-11-24-47)60-36-20-34-58(67(60)72)63-64(48-25-12-6-13-26-48)70-44-71-65(63)49-27-14-7-15-28-49/h4-44H,1-3H3/i4D,5D,8D,9D,10D,11D,21D,22D,23D,24D. The molecule has 0 saturated carbocycles. The molecular weight excluding hydrogens is 917 g/mol. The van der Waals surface area contributed by atoms with Crippen LogP contribution in [0.5, 0.6) is 11.5 Å². The molecule has 9 aromatic carbocycles. The van der Waals surface area contributed by atoms with Crippen LogP contribution in [0, 0.1) is 6.33 Å². The summed E-state index contributed by atoms with van der Waals surface area (Å²) < 4.78 is 102. The third-order valence-electron chi connectivity index (χ3n) is 13.5. The van der Waals surface area contributed by atoms with E-state index in [0.29, 0.717) is 50.7 Å². The molecule has 358 valence electrons. The first-order valence-corrected chi connectivity index (χ1v) is 24.5. The molecule has 0 spiro atoms. The largest absolute Gasteiger partial charge is 0.458 e. The van der Waals surface area contributed by atoms with Crippen LogP contribution in [-0.4, -0.2) is 24.1 Å². The molecule has 4 aromatic heterocycles. The van der Waals surface area contributed by atoms with Gasteiger partial charge in [0.1, 0.15) is 23.6 Å². The van der Waals surface area contributed by atoms with Crippen LogP contribution in [0.25, 0.3) is 106 Å². The Balaban J connectivity index is 1.10. The Morgan fingerprint density at radius 2 is 1.12 bits per heavy atom. The summed E-state index contributed by atoms with van der Waals surface area (Å²) in [5.74, 6) is 1.79. The lowest BCUT2D eigenvalue weighted by atomic mass is 9.88. The van der Waals surface area contributed by atoms with Crippen molar-refractivity contribution in [3.05, 3.63) is 261 Å². The molecule has 7 nitrogen and oxygen atoms in total. The molecule has 0 atom stereocenters. The first kappa shape index (κ1) is 35.4. The van der Waals surface area contributed by atoms with Gasteiger partial charge < -0.3 is 4.74 Å². The van der Waals surface area contributed by atoms with Crippen molar-refractivity contribution in [2.24, 2.45) is 0 Å². The molecule has 0 aliphatic heterocycles. The van der Waals surface area contributed by atoms with Crippen molar-refractivity contribution in [2.45, 2.75) is 26.2 Å². The van der Waals surface area contributed by atoms with E-state index in [1.807, 2.05) is 144 Å². The van der Waals surface area contributed by atoms with Gasteiger partial charge in [0.2, 0.25) is 0 Å². The number of ether oxygens (including phenoxy) is 1. The van der Waals surface area contributed by atoms with Crippen molar-refractivity contribution < 1.29 is 23.0 Å². The zero-order valence-electron chi connectivity index (χ0n) is 51.0. The molecule has 13 rings (SSSR count). The van der Waals surface area contributed by atoms with Gasteiger partial charge in [0.05, 0.1) is 58.5 Å². The number of aromatic nitrogens is 6. The van der Waals surface area contributed by atoms with E-state index >= 15 is 0 Å². The number of benzene rings is 9. The topological polar surface area (TPSA) is 61.6 Å². The summed E-state index contributed by atoms with van der Waals surface area (Å²) in [5, 5.41) is 2.08. The molecule has 13 aromatic rings. The zero-order chi connectivity index (χ0) is 59.2. The smallest absolute Gasteiger partial charge is 0.269 e. The summed E-state index contributed by atoms with van der Waals surface area (Å²) in [6.07, 6.45) is 7.01. The highest BCUT2D eigenvalue weighted by Crippen LogP contribution is 2.43. The third kappa shape index (κ3) is 8.21. The number of pyridine rings is 1. The lowest BCUT2D eigenvalue weighted by molar-refractivity contribution is -0.571. The maximum Gasteiger partial charge on any atom is 0.269 e. The van der Waals surface area contributed by atoms with Crippen LogP contribution in [0.3, 0.4) is 0 Å². The second-order valence-corrected chi connectivity index (χ2v) is 19.1. The van der Waals surface area contributed by atoms with Crippen molar-refractivity contribution >= 4 is 32.8 Å². The number of hydrogen-bond donors (Lipinski definition) is 0. The fraction of sp³-hybridized carbons (Fsp3) is 0.0588. The molecule has 7 heteroatoms. The fourth-order valence-corrected chi connectivity index (χ4v) is 10.0. The summed E-state index contributed by atoms with van der Waals surface area (Å²) in [6.45, 7) is 6.54. The van der Waals surface area contributed by atoms with Gasteiger partial charge in [0, 0.05) is 39.7 Å². The Labute approximate surface area is 450 Å². The van der Waals surface area contributed by atoms with Crippen LogP contribution >= 0.6 is 0 Å². The monoisotopic (exact) mass is 976 g/mol. The van der Waals surface area contributed by atoms with E-state index in [0.717, 1.165) is 44.3 Å². The Morgan fingerprint density at radius 3 is 1.80 bits per heavy atom. The van der Waals surface area contributed by atoms with Gasteiger partial charge >= 0.3 is 0 Å². The molecule has 0 saturated heterocycles. The Kier molecular flexibility index (Phi) is 8.83. The maximum absolute atomic E-state index is 9.33. The van der Waals surface area contributed by atoms with Gasteiger partial charge in [-0.15, -0.1) is 0 Å². The van der Waals surface area contributed by atoms with Crippen molar-refractivity contribution in [2.75, 3.05) is 0 Å². The minimum atomic E-state index is -0.594. The van der Waals surface area contributed by atoms with Gasteiger partial charge in [-0.2, -0.15) is 0 Å². The molecule has 0 bridgehead atoms. The van der Waals surface area contributed by atoms with Crippen molar-refractivity contribution in [1.82, 2.24) is 24.1 Å². The maximum atomic E-state index is 9.33. The van der Waals surface area contributed by atoms with E-state index in [-0.39, 0.29) is 33.4 Å². The molecule has 0 aliphatic carbocycles. The number of hydrogen-bond acceptors (Lipinski definition) is 4. The number of para-hydroxylation sites is 3. The Hall–Kier alpha value is -9.72. The van der Waals surface area contributed by atoms with E-state index < -0.39 is 60.4 Å². The molecule has 0 amide bonds. The first-order valence-electron chi connectivity index (χ1n) is 29.5. The highest BCUT2D eigenvalue weighted by atomic mass is 16.5. The fourth-order valence-electron chi connectivity index (χ4n) is 10.0. The number of fused-ring (bicyclic) bond motifs is 4. The lowest BCUT2D eigenvalue weighted by Crippen LogP contribution is -2.31. The van der Waals surface area contributed by atoms with Gasteiger partial charge in [-0.05, 0) is 87.3 Å². The van der Waals surface area contributed by atoms with Crippen LogP contribution in [0.2, 0.25) is 0 Å². The molecule has 4 heterocycles. The molecule has 0 radical (unpaired) electrons. The molecule has 0 unspecified atom stereocenters. The van der Waals surface area contributed by atoms with Crippen LogP contribution in [-0.2, 0) is 5.41 Å². The quantitative estimate of drug-likeness (QED) is 0.101. The number of nitrogens with zero attached hydrogens (tertiary/aromatic N) is 6. The van der Waals surface area contributed by atoms with Gasteiger partial charge in [-0.3, -0.25) is 13.7 Å². The Morgan fingerprint density at radius 1 is 0.520 bits per heavy atom. The van der Waals surface area contributed by atoms with Crippen molar-refractivity contribution in [3.63, 3.8) is 0 Å². The van der Waals surface area contributed by atoms with Gasteiger partial charge in [-0.1, -0.05) is 203 Å². The number of rotatable bonds is 10. The highest BCUT2D eigenvalue weighted by molar-refractivity contribution is 6.09. The third-order valence-corrected chi connectivity index (χ3v) is 13.5. The highest BCUT2D eigenvalue weighted by Gasteiger charge is 2.26. The van der Waals surface area contributed by atoms with Crippen LogP contribution < -0.4 is 9.30 Å². The number of imidazole rings is 1. The molecule has 75 heavy (non-hydrogen) atoms. The first-order chi connectivity index (χ1) is 41.0. The van der Waals surface area contributed by atoms with Crippen LogP contribution in [0.4, 0.5) is 0 Å². The summed E-state index contributed by atoms with van der Waals surface area (Å²) >= 11 is 0. The Bertz CT molecular complexity index is 4660. The van der Waals surface area contributed by atoms with Gasteiger partial charge in [0.15, 0.2) is 0 Å². The van der Waals surface area contributed by atoms with Crippen molar-refractivity contribution in [3.8, 4) is 84.6 Å².